The number of nitrogens with two attached hydrogens (primary N) is 1. The summed E-state index contributed by atoms with van der Waals surface area (Å²) in [6, 6.07) is 6.14. The van der Waals surface area contributed by atoms with E-state index in [1.165, 1.54) is 30.5 Å². The molecule has 0 amide bonds. The van der Waals surface area contributed by atoms with E-state index in [1.54, 1.807) is 6.20 Å². The first-order chi connectivity index (χ1) is 26.3. The minimum absolute atomic E-state index is 0.0689. The van der Waals surface area contributed by atoms with Gasteiger partial charge < -0.3 is 36.3 Å². The number of nitrogen functional groups attached to an aromatic ring is 1. The van der Waals surface area contributed by atoms with Crippen molar-refractivity contribution in [2.24, 2.45) is 35.5 Å². The molecule has 2 aromatic rings. The Kier molecular flexibility index (Phi) is 18.2. The normalized spacial score (nSPS) is 25.7. The summed E-state index contributed by atoms with van der Waals surface area (Å²) in [5.74, 6) is 0.311. The molecule has 2 aliphatic rings. The van der Waals surface area contributed by atoms with Gasteiger partial charge in [-0.05, 0) is 142 Å². The lowest BCUT2D eigenvalue weighted by Crippen LogP contribution is -2.37. The number of carboxylic acids is 1. The van der Waals surface area contributed by atoms with Gasteiger partial charge in [-0.15, -0.1) is 0 Å². The molecule has 9 atom stereocenters. The molecule has 0 aliphatic heterocycles. The van der Waals surface area contributed by atoms with Crippen LogP contribution in [0.2, 0.25) is 0 Å². The summed E-state index contributed by atoms with van der Waals surface area (Å²) in [5.41, 5.74) is 9.57. The molecule has 0 spiro atoms. The predicted octanol–water partition coefficient (Wildman–Crippen LogP) is 8.53. The van der Waals surface area contributed by atoms with Gasteiger partial charge in [0.1, 0.15) is 5.82 Å². The summed E-state index contributed by atoms with van der Waals surface area (Å²) in [6.07, 6.45) is 20.1. The molecule has 4 rings (SSSR count). The second-order valence-electron chi connectivity index (χ2n) is 18.0. The number of rotatable bonds is 25. The van der Waals surface area contributed by atoms with Crippen LogP contribution in [0.4, 0.5) is 5.82 Å². The number of aliphatic hydroxyl groups is 4. The summed E-state index contributed by atoms with van der Waals surface area (Å²) in [5, 5.41) is 54.3. The molecular formula is C46H75N3O6. The van der Waals surface area contributed by atoms with Crippen molar-refractivity contribution in [2.75, 3.05) is 12.3 Å². The fraction of sp³-hybridized carbons (Fsp3) is 0.739. The fourth-order valence-corrected chi connectivity index (χ4v) is 9.90. The van der Waals surface area contributed by atoms with Crippen molar-refractivity contribution in [3.05, 3.63) is 59.1 Å². The lowest BCUT2D eigenvalue weighted by atomic mass is 9.80. The number of unbranched alkanes of at least 4 members (excludes halogenated alkanes) is 4. The summed E-state index contributed by atoms with van der Waals surface area (Å²) >= 11 is 0. The van der Waals surface area contributed by atoms with Crippen molar-refractivity contribution < 1.29 is 30.3 Å². The highest BCUT2D eigenvalue weighted by Crippen LogP contribution is 2.46. The maximum Gasteiger partial charge on any atom is 0.309 e. The van der Waals surface area contributed by atoms with Crippen molar-refractivity contribution in [3.63, 3.8) is 0 Å². The van der Waals surface area contributed by atoms with Crippen LogP contribution in [0.25, 0.3) is 0 Å². The largest absolute Gasteiger partial charge is 0.481 e. The fourth-order valence-electron chi connectivity index (χ4n) is 9.90. The molecule has 9 unspecified atom stereocenters. The standard InChI is InChI=1S/C46H75N3O6/c1-5-6-8-12-33-16-17-36(43(52)26-33)13-9-7-10-14-39(45(53)54)42(51)18-20-46(55)30-35(24-34-19-21-48-44(47)27-34)25-37(46)28-38-29-40(32(4)23-31(2)3)41(49-38)15-11-22-50/h16-17,19,21,27,29,31-33,35-37,39,42-43,49-52,55H,5-15,18,20,22-26,28,30H2,1-4H3,(H2,47,48)(H,53,54). The summed E-state index contributed by atoms with van der Waals surface area (Å²) in [6.45, 7) is 9.09. The maximum atomic E-state index is 12.4. The second-order valence-corrected chi connectivity index (χ2v) is 18.0. The van der Waals surface area contributed by atoms with Crippen LogP contribution in [0, 0.1) is 35.5 Å². The van der Waals surface area contributed by atoms with E-state index in [0.29, 0.717) is 62.1 Å². The van der Waals surface area contributed by atoms with E-state index in [1.807, 2.05) is 12.1 Å². The first-order valence-corrected chi connectivity index (χ1v) is 21.8. The van der Waals surface area contributed by atoms with Crippen LogP contribution in [-0.4, -0.2) is 65.9 Å². The Balaban J connectivity index is 1.37. The van der Waals surface area contributed by atoms with Crippen LogP contribution in [0.3, 0.4) is 0 Å². The Morgan fingerprint density at radius 1 is 1.02 bits per heavy atom. The third kappa shape index (κ3) is 14.0. The molecule has 1 fully saturated rings. The van der Waals surface area contributed by atoms with Crippen LogP contribution < -0.4 is 5.73 Å². The summed E-state index contributed by atoms with van der Waals surface area (Å²) in [7, 11) is 0. The first-order valence-electron chi connectivity index (χ1n) is 21.8. The number of nitrogens with one attached hydrogen (secondary N) is 1. The number of nitrogens with zero attached hydrogens (tertiary/aromatic N) is 1. The maximum absolute atomic E-state index is 12.4. The van der Waals surface area contributed by atoms with Crippen molar-refractivity contribution in [1.82, 2.24) is 9.97 Å². The van der Waals surface area contributed by atoms with E-state index in [9.17, 15) is 30.3 Å². The highest BCUT2D eigenvalue weighted by molar-refractivity contribution is 5.70. The van der Waals surface area contributed by atoms with E-state index >= 15 is 0 Å². The van der Waals surface area contributed by atoms with Crippen molar-refractivity contribution in [2.45, 2.75) is 173 Å². The summed E-state index contributed by atoms with van der Waals surface area (Å²) < 4.78 is 0. The number of pyridine rings is 1. The molecule has 0 bridgehead atoms. The Morgan fingerprint density at radius 2 is 1.80 bits per heavy atom. The Hall–Kier alpha value is -2.72. The molecule has 2 aliphatic carbocycles. The molecule has 1 saturated carbocycles. The van der Waals surface area contributed by atoms with Gasteiger partial charge in [0.2, 0.25) is 0 Å². The number of aryl methyl sites for hydroxylation is 1. The SMILES string of the molecule is CCCCCC1C=CC(CCCCCC(C(=O)O)C(O)CCC2(O)CC(Cc3ccnc(N)c3)CC2Cc2cc(C(C)CC(C)C)c(CCCO)[nH]2)C(O)C1. The molecule has 2 heterocycles. The molecule has 55 heavy (non-hydrogen) atoms. The van der Waals surface area contributed by atoms with Gasteiger partial charge in [-0.25, -0.2) is 4.98 Å². The predicted molar refractivity (Wildman–Crippen MR) is 222 cm³/mol. The van der Waals surface area contributed by atoms with Gasteiger partial charge in [-0.3, -0.25) is 4.79 Å². The zero-order valence-electron chi connectivity index (χ0n) is 34.5. The Bertz CT molecular complexity index is 1460. The molecule has 8 N–H and O–H groups in total. The quantitative estimate of drug-likeness (QED) is 0.0389. The molecule has 0 radical (unpaired) electrons. The number of aromatic amines is 1. The van der Waals surface area contributed by atoms with E-state index in [0.717, 1.165) is 69.0 Å². The van der Waals surface area contributed by atoms with E-state index in [4.69, 9.17) is 5.73 Å². The van der Waals surface area contributed by atoms with Crippen molar-refractivity contribution >= 4 is 11.8 Å². The lowest BCUT2D eigenvalue weighted by molar-refractivity contribution is -0.146. The van der Waals surface area contributed by atoms with Gasteiger partial charge in [-0.1, -0.05) is 78.4 Å². The molecule has 2 aromatic heterocycles. The molecular weight excluding hydrogens is 691 g/mol. The molecule has 310 valence electrons. The monoisotopic (exact) mass is 766 g/mol. The van der Waals surface area contributed by atoms with E-state index in [2.05, 4.69) is 55.9 Å². The number of H-pyrrole nitrogens is 1. The highest BCUT2D eigenvalue weighted by Gasteiger charge is 2.46. The van der Waals surface area contributed by atoms with Gasteiger partial charge >= 0.3 is 5.97 Å². The zero-order chi connectivity index (χ0) is 40.0. The topological polar surface area (TPSA) is 173 Å². The molecule has 0 aromatic carbocycles. The minimum atomic E-state index is -1.06. The number of hydrogen-bond acceptors (Lipinski definition) is 7. The molecule has 9 heteroatoms. The second kappa shape index (κ2) is 22.3. The van der Waals surface area contributed by atoms with Crippen LogP contribution in [-0.2, 0) is 24.1 Å². The highest BCUT2D eigenvalue weighted by atomic mass is 16.4. The smallest absolute Gasteiger partial charge is 0.309 e. The van der Waals surface area contributed by atoms with Gasteiger partial charge in [0.05, 0.1) is 23.7 Å². The van der Waals surface area contributed by atoms with E-state index in [-0.39, 0.29) is 36.9 Å². The number of hydrogen-bond donors (Lipinski definition) is 7. The zero-order valence-corrected chi connectivity index (χ0v) is 34.5. The summed E-state index contributed by atoms with van der Waals surface area (Å²) in [4.78, 5) is 20.2. The average Bonchev–Trinajstić information content (AvgIpc) is 3.67. The molecule has 0 saturated heterocycles. The number of carbonyl (C=O) groups is 1. The van der Waals surface area contributed by atoms with Crippen LogP contribution in [0.15, 0.2) is 36.5 Å². The Labute approximate surface area is 331 Å². The number of anilines is 1. The number of allylic oxidation sites excluding steroid dienone is 1. The minimum Gasteiger partial charge on any atom is -0.481 e. The number of aromatic nitrogens is 2. The van der Waals surface area contributed by atoms with Crippen LogP contribution in [0.1, 0.15) is 159 Å². The third-order valence-corrected chi connectivity index (χ3v) is 12.8. The number of carboxylic acid groups (broad SMARTS) is 1. The lowest BCUT2D eigenvalue weighted by Gasteiger charge is -2.32. The van der Waals surface area contributed by atoms with Crippen LogP contribution in [0.5, 0.6) is 0 Å². The first kappa shape index (κ1) is 45.0. The van der Waals surface area contributed by atoms with Crippen molar-refractivity contribution in [1.29, 1.82) is 0 Å². The van der Waals surface area contributed by atoms with Gasteiger partial charge in [0, 0.05) is 30.1 Å². The van der Waals surface area contributed by atoms with Crippen LogP contribution >= 0.6 is 0 Å². The Morgan fingerprint density at radius 3 is 2.49 bits per heavy atom. The average molecular weight is 766 g/mol. The number of aliphatic carboxylic acids is 1. The van der Waals surface area contributed by atoms with E-state index < -0.39 is 23.6 Å². The number of aliphatic hydroxyl groups excluding tert-OH is 3. The molecule has 9 nitrogen and oxygen atoms in total. The van der Waals surface area contributed by atoms with Gasteiger partial charge in [0.15, 0.2) is 0 Å². The van der Waals surface area contributed by atoms with Gasteiger partial charge in [-0.2, -0.15) is 0 Å². The third-order valence-electron chi connectivity index (χ3n) is 12.8. The van der Waals surface area contributed by atoms with Crippen molar-refractivity contribution in [3.8, 4) is 0 Å². The van der Waals surface area contributed by atoms with Gasteiger partial charge in [0.25, 0.3) is 0 Å².